The van der Waals surface area contributed by atoms with E-state index in [9.17, 15) is 9.59 Å². The molecule has 0 saturated carbocycles. The first-order chi connectivity index (χ1) is 9.37. The molecule has 114 valence electrons. The number of ether oxygens (including phenoxy) is 2. The zero-order valence-electron chi connectivity index (χ0n) is 12.5. The number of likely N-dealkylation sites (tertiary alicyclic amines) is 1. The number of alkyl carbamates (subject to hydrolysis) is 1. The van der Waals surface area contributed by atoms with Crippen LogP contribution >= 0.6 is 0 Å². The fraction of sp³-hybridized carbons (Fsp3) is 0.857. The molecule has 2 amide bonds. The van der Waals surface area contributed by atoms with Crippen molar-refractivity contribution in [2.75, 3.05) is 19.8 Å². The molecule has 2 saturated heterocycles. The van der Waals surface area contributed by atoms with Gasteiger partial charge in [-0.1, -0.05) is 0 Å². The molecular formula is C14H24N2O4. The van der Waals surface area contributed by atoms with E-state index in [1.807, 2.05) is 25.7 Å². The summed E-state index contributed by atoms with van der Waals surface area (Å²) in [6.45, 7) is 7.32. The molecule has 0 aliphatic carbocycles. The third-order valence-corrected chi connectivity index (χ3v) is 3.54. The first-order valence-electron chi connectivity index (χ1n) is 7.23. The molecule has 0 aromatic heterocycles. The summed E-state index contributed by atoms with van der Waals surface area (Å²) >= 11 is 0. The zero-order valence-corrected chi connectivity index (χ0v) is 12.5. The minimum Gasteiger partial charge on any atom is -0.444 e. The SMILES string of the molecule is CC(C)(C)OC(=O)N[C@@H]1CCOC[C@H]1N1CCCC1=O. The van der Waals surface area contributed by atoms with Crippen LogP contribution in [0.25, 0.3) is 0 Å². The van der Waals surface area contributed by atoms with Gasteiger partial charge in [0.1, 0.15) is 5.60 Å². The van der Waals surface area contributed by atoms with Crippen LogP contribution in [-0.2, 0) is 14.3 Å². The second-order valence-electron chi connectivity index (χ2n) is 6.37. The fourth-order valence-corrected chi connectivity index (χ4v) is 2.68. The van der Waals surface area contributed by atoms with Crippen molar-refractivity contribution < 1.29 is 19.1 Å². The largest absolute Gasteiger partial charge is 0.444 e. The average molecular weight is 284 g/mol. The quantitative estimate of drug-likeness (QED) is 0.829. The molecule has 0 aromatic carbocycles. The maximum atomic E-state index is 11.9. The molecule has 6 nitrogen and oxygen atoms in total. The molecule has 1 N–H and O–H groups in total. The lowest BCUT2D eigenvalue weighted by atomic mass is 10.0. The molecule has 0 bridgehead atoms. The Kier molecular flexibility index (Phi) is 4.52. The number of rotatable bonds is 2. The Labute approximate surface area is 119 Å². The smallest absolute Gasteiger partial charge is 0.407 e. The Morgan fingerprint density at radius 1 is 1.45 bits per heavy atom. The predicted molar refractivity (Wildman–Crippen MR) is 73.3 cm³/mol. The average Bonchev–Trinajstić information content (AvgIpc) is 2.73. The lowest BCUT2D eigenvalue weighted by Gasteiger charge is -2.38. The predicted octanol–water partition coefficient (Wildman–Crippen LogP) is 1.29. The van der Waals surface area contributed by atoms with Crippen LogP contribution in [0.15, 0.2) is 0 Å². The molecule has 2 aliphatic heterocycles. The Bertz CT molecular complexity index is 378. The lowest BCUT2D eigenvalue weighted by molar-refractivity contribution is -0.133. The molecule has 2 aliphatic rings. The normalized spacial score (nSPS) is 27.6. The molecule has 0 unspecified atom stereocenters. The monoisotopic (exact) mass is 284 g/mol. The summed E-state index contributed by atoms with van der Waals surface area (Å²) in [6, 6.07) is -0.174. The Morgan fingerprint density at radius 3 is 2.80 bits per heavy atom. The van der Waals surface area contributed by atoms with E-state index in [0.29, 0.717) is 26.1 Å². The van der Waals surface area contributed by atoms with Crippen LogP contribution in [0.4, 0.5) is 4.79 Å². The van der Waals surface area contributed by atoms with Gasteiger partial charge in [0.05, 0.1) is 18.7 Å². The molecule has 2 atom stereocenters. The van der Waals surface area contributed by atoms with E-state index in [1.54, 1.807) is 0 Å². The summed E-state index contributed by atoms with van der Waals surface area (Å²) in [5.41, 5.74) is -0.520. The molecular weight excluding hydrogens is 260 g/mol. The minimum atomic E-state index is -0.520. The summed E-state index contributed by atoms with van der Waals surface area (Å²) in [4.78, 5) is 25.6. The number of hydrogen-bond acceptors (Lipinski definition) is 4. The molecule has 2 rings (SSSR count). The van der Waals surface area contributed by atoms with Gasteiger partial charge in [0.25, 0.3) is 0 Å². The first kappa shape index (κ1) is 15.1. The van der Waals surface area contributed by atoms with Gasteiger partial charge in [-0.3, -0.25) is 4.79 Å². The number of amides is 2. The Hall–Kier alpha value is -1.30. The standard InChI is InChI=1S/C14H24N2O4/c1-14(2,3)20-13(18)15-10-6-8-19-9-11(10)16-7-4-5-12(16)17/h10-11H,4-9H2,1-3H3,(H,15,18)/t10-,11-/m1/s1. The van der Waals surface area contributed by atoms with Crippen LogP contribution < -0.4 is 5.32 Å². The van der Waals surface area contributed by atoms with E-state index in [4.69, 9.17) is 9.47 Å². The van der Waals surface area contributed by atoms with E-state index >= 15 is 0 Å². The van der Waals surface area contributed by atoms with Gasteiger partial charge >= 0.3 is 6.09 Å². The molecule has 20 heavy (non-hydrogen) atoms. The van der Waals surface area contributed by atoms with Gasteiger partial charge in [-0.15, -0.1) is 0 Å². The van der Waals surface area contributed by atoms with Gasteiger partial charge in [0, 0.05) is 19.6 Å². The molecule has 6 heteroatoms. The van der Waals surface area contributed by atoms with E-state index in [-0.39, 0.29) is 18.0 Å². The van der Waals surface area contributed by atoms with Crippen molar-refractivity contribution in [2.45, 2.75) is 57.7 Å². The van der Waals surface area contributed by atoms with Crippen molar-refractivity contribution in [3.8, 4) is 0 Å². The van der Waals surface area contributed by atoms with Gasteiger partial charge in [-0.2, -0.15) is 0 Å². The van der Waals surface area contributed by atoms with Gasteiger partial charge in [-0.05, 0) is 33.6 Å². The number of hydrogen-bond donors (Lipinski definition) is 1. The van der Waals surface area contributed by atoms with Crippen LogP contribution in [0.3, 0.4) is 0 Å². The molecule has 2 fully saturated rings. The molecule has 0 aromatic rings. The van der Waals surface area contributed by atoms with Gasteiger partial charge in [0.2, 0.25) is 5.91 Å². The maximum absolute atomic E-state index is 11.9. The van der Waals surface area contributed by atoms with Crippen molar-refractivity contribution in [1.82, 2.24) is 10.2 Å². The zero-order chi connectivity index (χ0) is 14.8. The van der Waals surface area contributed by atoms with E-state index in [0.717, 1.165) is 13.0 Å². The maximum Gasteiger partial charge on any atom is 0.407 e. The second-order valence-corrected chi connectivity index (χ2v) is 6.37. The van der Waals surface area contributed by atoms with Crippen LogP contribution in [0, 0.1) is 0 Å². The van der Waals surface area contributed by atoms with E-state index in [2.05, 4.69) is 5.32 Å². The number of carbonyl (C=O) groups is 2. The van der Waals surface area contributed by atoms with E-state index in [1.165, 1.54) is 0 Å². The van der Waals surface area contributed by atoms with Crippen molar-refractivity contribution in [1.29, 1.82) is 0 Å². The minimum absolute atomic E-state index is 0.0775. The van der Waals surface area contributed by atoms with Crippen molar-refractivity contribution in [3.05, 3.63) is 0 Å². The number of nitrogens with one attached hydrogen (secondary N) is 1. The fourth-order valence-electron chi connectivity index (χ4n) is 2.68. The van der Waals surface area contributed by atoms with Crippen LogP contribution in [-0.4, -0.2) is 54.3 Å². The van der Waals surface area contributed by atoms with Crippen molar-refractivity contribution in [3.63, 3.8) is 0 Å². The van der Waals surface area contributed by atoms with Crippen molar-refractivity contribution >= 4 is 12.0 Å². The van der Waals surface area contributed by atoms with Gasteiger partial charge < -0.3 is 19.7 Å². The third-order valence-electron chi connectivity index (χ3n) is 3.54. The Morgan fingerprint density at radius 2 is 2.20 bits per heavy atom. The Balaban J connectivity index is 1.96. The molecule has 2 heterocycles. The van der Waals surface area contributed by atoms with Crippen LogP contribution in [0.1, 0.15) is 40.0 Å². The molecule has 0 radical (unpaired) electrons. The first-order valence-corrected chi connectivity index (χ1v) is 7.23. The lowest BCUT2D eigenvalue weighted by Crippen LogP contribution is -2.57. The highest BCUT2D eigenvalue weighted by Gasteiger charge is 2.37. The van der Waals surface area contributed by atoms with Crippen LogP contribution in [0.5, 0.6) is 0 Å². The highest BCUT2D eigenvalue weighted by atomic mass is 16.6. The van der Waals surface area contributed by atoms with Gasteiger partial charge in [0.15, 0.2) is 0 Å². The van der Waals surface area contributed by atoms with Crippen LogP contribution in [0.2, 0.25) is 0 Å². The second kappa shape index (κ2) is 5.99. The van der Waals surface area contributed by atoms with E-state index < -0.39 is 11.7 Å². The molecule has 0 spiro atoms. The van der Waals surface area contributed by atoms with Gasteiger partial charge in [-0.25, -0.2) is 4.79 Å². The summed E-state index contributed by atoms with van der Waals surface area (Å²) < 4.78 is 10.8. The summed E-state index contributed by atoms with van der Waals surface area (Å²) in [7, 11) is 0. The van der Waals surface area contributed by atoms with Crippen molar-refractivity contribution in [2.24, 2.45) is 0 Å². The number of nitrogens with zero attached hydrogens (tertiary/aromatic N) is 1. The highest BCUT2D eigenvalue weighted by molar-refractivity contribution is 5.78. The third kappa shape index (κ3) is 3.85. The summed E-state index contributed by atoms with van der Waals surface area (Å²) in [5, 5.41) is 2.89. The summed E-state index contributed by atoms with van der Waals surface area (Å²) in [6.07, 6.45) is 1.75. The highest BCUT2D eigenvalue weighted by Crippen LogP contribution is 2.21. The summed E-state index contributed by atoms with van der Waals surface area (Å²) in [5.74, 6) is 0.150. The topological polar surface area (TPSA) is 67.9 Å². The number of carbonyl (C=O) groups excluding carboxylic acids is 2.